The number of benzene rings is 2. The van der Waals surface area contributed by atoms with Gasteiger partial charge in [0.15, 0.2) is 5.84 Å². The second kappa shape index (κ2) is 5.87. The molecule has 0 bridgehead atoms. The summed E-state index contributed by atoms with van der Waals surface area (Å²) < 4.78 is 5.83. The minimum atomic E-state index is 0.0551. The zero-order chi connectivity index (χ0) is 14.7. The maximum absolute atomic E-state index is 8.81. The van der Waals surface area contributed by atoms with Crippen molar-refractivity contribution in [1.82, 2.24) is 0 Å². The van der Waals surface area contributed by atoms with Gasteiger partial charge in [0.1, 0.15) is 12.4 Å². The summed E-state index contributed by atoms with van der Waals surface area (Å²) in [4.78, 5) is 0. The first-order valence-electron chi connectivity index (χ1n) is 7.08. The molecule has 0 saturated heterocycles. The Hall–Kier alpha value is -2.49. The lowest BCUT2D eigenvalue weighted by atomic mass is 10.1. The lowest BCUT2D eigenvalue weighted by Gasteiger charge is -2.11. The van der Waals surface area contributed by atoms with Crippen LogP contribution in [0.4, 0.5) is 0 Å². The van der Waals surface area contributed by atoms with Crippen LogP contribution in [0.3, 0.4) is 0 Å². The van der Waals surface area contributed by atoms with Crippen molar-refractivity contribution in [3.63, 3.8) is 0 Å². The average molecular weight is 282 g/mol. The predicted molar refractivity (Wildman–Crippen MR) is 81.8 cm³/mol. The monoisotopic (exact) mass is 282 g/mol. The van der Waals surface area contributed by atoms with E-state index in [2.05, 4.69) is 23.4 Å². The SMILES string of the molecule is NC(=NO)c1ccccc1OCc1ccc2c(c1)CCC2. The first-order chi connectivity index (χ1) is 10.3. The molecule has 1 aliphatic carbocycles. The van der Waals surface area contributed by atoms with Gasteiger partial charge in [-0.15, -0.1) is 0 Å². The number of fused-ring (bicyclic) bond motifs is 1. The van der Waals surface area contributed by atoms with Crippen LogP contribution in [0.1, 0.15) is 28.7 Å². The Morgan fingerprint density at radius 2 is 1.95 bits per heavy atom. The van der Waals surface area contributed by atoms with Crippen molar-refractivity contribution in [3.05, 3.63) is 64.7 Å². The molecule has 21 heavy (non-hydrogen) atoms. The van der Waals surface area contributed by atoms with Crippen molar-refractivity contribution < 1.29 is 9.94 Å². The number of hydrogen-bond donors (Lipinski definition) is 2. The predicted octanol–water partition coefficient (Wildman–Crippen LogP) is 2.85. The van der Waals surface area contributed by atoms with E-state index in [1.54, 1.807) is 6.07 Å². The van der Waals surface area contributed by atoms with Crippen LogP contribution in [0.5, 0.6) is 5.75 Å². The third-order valence-electron chi connectivity index (χ3n) is 3.83. The van der Waals surface area contributed by atoms with Gasteiger partial charge in [0, 0.05) is 0 Å². The molecule has 0 fully saturated rings. The fraction of sp³-hybridized carbons (Fsp3) is 0.235. The first kappa shape index (κ1) is 13.5. The standard InChI is InChI=1S/C17H18N2O2/c18-17(19-20)15-6-1-2-7-16(15)21-11-12-8-9-13-4-3-5-14(13)10-12/h1-2,6-10,20H,3-5,11H2,(H2,18,19). The molecule has 0 aliphatic heterocycles. The second-order valence-corrected chi connectivity index (χ2v) is 5.23. The van der Waals surface area contributed by atoms with Crippen molar-refractivity contribution in [2.45, 2.75) is 25.9 Å². The quantitative estimate of drug-likeness (QED) is 0.392. The number of oxime groups is 1. The smallest absolute Gasteiger partial charge is 0.173 e. The van der Waals surface area contributed by atoms with E-state index in [4.69, 9.17) is 15.7 Å². The fourth-order valence-corrected chi connectivity index (χ4v) is 2.73. The van der Waals surface area contributed by atoms with Crippen LogP contribution < -0.4 is 10.5 Å². The van der Waals surface area contributed by atoms with Gasteiger partial charge in [0.2, 0.25) is 0 Å². The third kappa shape index (κ3) is 2.84. The van der Waals surface area contributed by atoms with Crippen molar-refractivity contribution in [1.29, 1.82) is 0 Å². The van der Waals surface area contributed by atoms with E-state index in [0.29, 0.717) is 17.9 Å². The molecule has 108 valence electrons. The van der Waals surface area contributed by atoms with Gasteiger partial charge < -0.3 is 15.7 Å². The number of para-hydroxylation sites is 1. The van der Waals surface area contributed by atoms with E-state index in [9.17, 15) is 0 Å². The highest BCUT2D eigenvalue weighted by atomic mass is 16.5. The van der Waals surface area contributed by atoms with Crippen molar-refractivity contribution in [2.24, 2.45) is 10.9 Å². The molecule has 0 spiro atoms. The molecule has 2 aromatic carbocycles. The van der Waals surface area contributed by atoms with Gasteiger partial charge in [-0.2, -0.15) is 0 Å². The number of nitrogens with two attached hydrogens (primary N) is 1. The summed E-state index contributed by atoms with van der Waals surface area (Å²) in [6, 6.07) is 13.8. The molecular formula is C17H18N2O2. The van der Waals surface area contributed by atoms with E-state index in [1.807, 2.05) is 18.2 Å². The van der Waals surface area contributed by atoms with Crippen LogP contribution in [0.25, 0.3) is 0 Å². The minimum absolute atomic E-state index is 0.0551. The summed E-state index contributed by atoms with van der Waals surface area (Å²) in [5.41, 5.74) is 10.3. The van der Waals surface area contributed by atoms with Gasteiger partial charge in [-0.3, -0.25) is 0 Å². The fourth-order valence-electron chi connectivity index (χ4n) is 2.73. The van der Waals surface area contributed by atoms with Crippen LogP contribution >= 0.6 is 0 Å². The second-order valence-electron chi connectivity index (χ2n) is 5.23. The first-order valence-corrected chi connectivity index (χ1v) is 7.08. The molecule has 0 amide bonds. The average Bonchev–Trinajstić information content (AvgIpc) is 3.00. The zero-order valence-corrected chi connectivity index (χ0v) is 11.7. The Morgan fingerprint density at radius 1 is 1.14 bits per heavy atom. The summed E-state index contributed by atoms with van der Waals surface area (Å²) in [5.74, 6) is 0.674. The molecule has 0 aromatic heterocycles. The molecular weight excluding hydrogens is 264 g/mol. The van der Waals surface area contributed by atoms with Gasteiger partial charge in [0.05, 0.1) is 5.56 Å². The third-order valence-corrected chi connectivity index (χ3v) is 3.83. The summed E-state index contributed by atoms with van der Waals surface area (Å²) in [6.45, 7) is 0.475. The van der Waals surface area contributed by atoms with E-state index >= 15 is 0 Å². The van der Waals surface area contributed by atoms with E-state index in [1.165, 1.54) is 24.0 Å². The Kier molecular flexibility index (Phi) is 3.77. The molecule has 0 heterocycles. The minimum Gasteiger partial charge on any atom is -0.488 e. The topological polar surface area (TPSA) is 67.8 Å². The number of nitrogens with zero attached hydrogens (tertiary/aromatic N) is 1. The summed E-state index contributed by atoms with van der Waals surface area (Å²) in [6.07, 6.45) is 3.58. The maximum Gasteiger partial charge on any atom is 0.173 e. The lowest BCUT2D eigenvalue weighted by molar-refractivity contribution is 0.303. The van der Waals surface area contributed by atoms with Crippen molar-refractivity contribution >= 4 is 5.84 Å². The van der Waals surface area contributed by atoms with E-state index in [0.717, 1.165) is 12.0 Å². The van der Waals surface area contributed by atoms with Crippen LogP contribution in [0, 0.1) is 0 Å². The van der Waals surface area contributed by atoms with Gasteiger partial charge in [0.25, 0.3) is 0 Å². The highest BCUT2D eigenvalue weighted by Crippen LogP contribution is 2.24. The molecule has 0 unspecified atom stereocenters. The molecule has 1 aliphatic rings. The molecule has 0 atom stereocenters. The van der Waals surface area contributed by atoms with Gasteiger partial charge in [-0.1, -0.05) is 35.5 Å². The number of ether oxygens (including phenoxy) is 1. The molecule has 0 radical (unpaired) electrons. The summed E-state index contributed by atoms with van der Waals surface area (Å²) in [5, 5.41) is 11.8. The summed E-state index contributed by atoms with van der Waals surface area (Å²) >= 11 is 0. The van der Waals surface area contributed by atoms with Crippen LogP contribution in [-0.4, -0.2) is 11.0 Å². The van der Waals surface area contributed by atoms with Crippen LogP contribution in [0.2, 0.25) is 0 Å². The van der Waals surface area contributed by atoms with Gasteiger partial charge >= 0.3 is 0 Å². The Labute approximate surface area is 123 Å². The highest BCUT2D eigenvalue weighted by molar-refractivity contribution is 5.99. The van der Waals surface area contributed by atoms with Crippen LogP contribution in [-0.2, 0) is 19.4 Å². The highest BCUT2D eigenvalue weighted by Gasteiger charge is 2.12. The number of aryl methyl sites for hydroxylation is 2. The van der Waals surface area contributed by atoms with Crippen molar-refractivity contribution in [2.75, 3.05) is 0 Å². The molecule has 3 N–H and O–H groups in total. The normalized spacial score (nSPS) is 14.0. The molecule has 0 saturated carbocycles. The zero-order valence-electron chi connectivity index (χ0n) is 11.7. The van der Waals surface area contributed by atoms with Crippen molar-refractivity contribution in [3.8, 4) is 5.75 Å². The largest absolute Gasteiger partial charge is 0.488 e. The number of hydrogen-bond acceptors (Lipinski definition) is 3. The van der Waals surface area contributed by atoms with E-state index in [-0.39, 0.29) is 5.84 Å². The number of amidine groups is 1. The molecule has 4 heteroatoms. The maximum atomic E-state index is 8.81. The Balaban J connectivity index is 1.76. The molecule has 4 nitrogen and oxygen atoms in total. The Morgan fingerprint density at radius 3 is 2.81 bits per heavy atom. The van der Waals surface area contributed by atoms with Gasteiger partial charge in [-0.05, 0) is 48.1 Å². The van der Waals surface area contributed by atoms with Crippen LogP contribution in [0.15, 0.2) is 47.6 Å². The number of rotatable bonds is 4. The van der Waals surface area contributed by atoms with Gasteiger partial charge in [-0.25, -0.2) is 0 Å². The lowest BCUT2D eigenvalue weighted by Crippen LogP contribution is -2.14. The summed E-state index contributed by atoms with van der Waals surface area (Å²) in [7, 11) is 0. The molecule has 2 aromatic rings. The molecule has 3 rings (SSSR count). The Bertz CT molecular complexity index is 680. The van der Waals surface area contributed by atoms with E-state index < -0.39 is 0 Å².